The number of carboxylic acid groups (broad SMARTS) is 3. The molecular formula is C19H41N3O6S. The summed E-state index contributed by atoms with van der Waals surface area (Å²) in [5.74, 6) is -1.40. The molecule has 0 aliphatic heterocycles. The third kappa shape index (κ3) is 21.2. The summed E-state index contributed by atoms with van der Waals surface area (Å²) in [5, 5.41) is 33.7. The Labute approximate surface area is 179 Å². The lowest BCUT2D eigenvalue weighted by Crippen LogP contribution is -2.34. The molecule has 0 rings (SSSR count). The van der Waals surface area contributed by atoms with E-state index in [1.165, 1.54) is 0 Å². The highest BCUT2D eigenvalue weighted by atomic mass is 32.2. The van der Waals surface area contributed by atoms with Crippen LogP contribution in [-0.4, -0.2) is 84.5 Å². The van der Waals surface area contributed by atoms with E-state index in [2.05, 4.69) is 22.9 Å². The van der Waals surface area contributed by atoms with Crippen molar-refractivity contribution in [1.29, 1.82) is 0 Å². The quantitative estimate of drug-likeness (QED) is 0.236. The van der Waals surface area contributed by atoms with Crippen LogP contribution in [0.1, 0.15) is 52.4 Å². The second-order valence-corrected chi connectivity index (χ2v) is 7.24. The van der Waals surface area contributed by atoms with Gasteiger partial charge in [-0.25, -0.2) is 0 Å². The highest BCUT2D eigenvalue weighted by Crippen LogP contribution is 2.00. The van der Waals surface area contributed by atoms with E-state index in [-0.39, 0.29) is 18.1 Å². The first kappa shape index (κ1) is 32.3. The van der Waals surface area contributed by atoms with Crippen molar-refractivity contribution in [2.24, 2.45) is 0 Å². The van der Waals surface area contributed by atoms with Crippen LogP contribution in [0.3, 0.4) is 0 Å². The van der Waals surface area contributed by atoms with Gasteiger partial charge < -0.3 is 31.3 Å². The maximum absolute atomic E-state index is 10.4. The first-order valence-electron chi connectivity index (χ1n) is 9.85. The highest BCUT2D eigenvalue weighted by Gasteiger charge is 2.13. The summed E-state index contributed by atoms with van der Waals surface area (Å²) in [6.07, 6.45) is 7.00. The Morgan fingerprint density at radius 1 is 0.724 bits per heavy atom. The predicted octanol–water partition coefficient (Wildman–Crippen LogP) is 1.72. The number of likely N-dealkylation sites (N-methyl/N-ethyl adjacent to an activating group) is 3. The molecule has 0 aliphatic rings. The number of hydrogen-bond donors (Lipinski definition) is 6. The number of carbonyl (C=O) groups is 3. The molecule has 29 heavy (non-hydrogen) atoms. The summed E-state index contributed by atoms with van der Waals surface area (Å²) in [5.41, 5.74) is 0. The summed E-state index contributed by atoms with van der Waals surface area (Å²) >= 11 is 1.66. The SMILES string of the molecule is CCCC[C@H](NC)C(=O)O.CCC[C@H](NC)C(=O)O.CN[C@@H](CCSC)C(=O)O. The van der Waals surface area contributed by atoms with Crippen LogP contribution < -0.4 is 16.0 Å². The van der Waals surface area contributed by atoms with Crippen molar-refractivity contribution in [2.45, 2.75) is 70.5 Å². The Bertz CT molecular complexity index is 401. The number of aliphatic carboxylic acids is 3. The lowest BCUT2D eigenvalue weighted by molar-refractivity contribution is -0.140. The molecule has 0 radical (unpaired) electrons. The van der Waals surface area contributed by atoms with Gasteiger partial charge in [-0.2, -0.15) is 11.8 Å². The van der Waals surface area contributed by atoms with Crippen LogP contribution in [0.25, 0.3) is 0 Å². The fourth-order valence-corrected chi connectivity index (χ4v) is 2.58. The van der Waals surface area contributed by atoms with Crippen molar-refractivity contribution in [3.8, 4) is 0 Å². The van der Waals surface area contributed by atoms with E-state index in [9.17, 15) is 14.4 Å². The zero-order valence-corrected chi connectivity index (χ0v) is 19.5. The van der Waals surface area contributed by atoms with Gasteiger partial charge in [-0.1, -0.05) is 33.1 Å². The summed E-state index contributed by atoms with van der Waals surface area (Å²) in [6, 6.07) is -1.11. The first-order chi connectivity index (χ1) is 13.7. The van der Waals surface area contributed by atoms with Gasteiger partial charge in [-0.15, -0.1) is 0 Å². The molecule has 0 aliphatic carbocycles. The van der Waals surface area contributed by atoms with Crippen LogP contribution in [0.15, 0.2) is 0 Å². The minimum atomic E-state index is -0.767. The Morgan fingerprint density at radius 2 is 1.10 bits per heavy atom. The Balaban J connectivity index is -0.000000350. The number of unbranched alkanes of at least 4 members (excludes halogenated alkanes) is 1. The Hall–Kier alpha value is -1.36. The topological polar surface area (TPSA) is 148 Å². The fourth-order valence-electron chi connectivity index (χ4n) is 2.11. The van der Waals surface area contributed by atoms with Gasteiger partial charge in [0.25, 0.3) is 0 Å². The zero-order chi connectivity index (χ0) is 23.2. The van der Waals surface area contributed by atoms with Gasteiger partial charge in [0, 0.05) is 0 Å². The van der Waals surface area contributed by atoms with Crippen LogP contribution in [0.2, 0.25) is 0 Å². The summed E-state index contributed by atoms with van der Waals surface area (Å²) in [6.45, 7) is 4.02. The molecule has 174 valence electrons. The monoisotopic (exact) mass is 439 g/mol. The van der Waals surface area contributed by atoms with Gasteiger partial charge in [0.2, 0.25) is 0 Å². The number of hydrogen-bond acceptors (Lipinski definition) is 7. The van der Waals surface area contributed by atoms with E-state index in [4.69, 9.17) is 15.3 Å². The molecular weight excluding hydrogens is 398 g/mol. The molecule has 0 heterocycles. The maximum Gasteiger partial charge on any atom is 0.320 e. The van der Waals surface area contributed by atoms with Gasteiger partial charge in [0.1, 0.15) is 18.1 Å². The molecule has 0 unspecified atom stereocenters. The van der Waals surface area contributed by atoms with E-state index < -0.39 is 17.9 Å². The molecule has 6 N–H and O–H groups in total. The van der Waals surface area contributed by atoms with Crippen molar-refractivity contribution in [3.05, 3.63) is 0 Å². The van der Waals surface area contributed by atoms with E-state index >= 15 is 0 Å². The average Bonchev–Trinajstić information content (AvgIpc) is 2.67. The van der Waals surface area contributed by atoms with Gasteiger partial charge in [-0.05, 0) is 52.4 Å². The number of rotatable bonds is 14. The van der Waals surface area contributed by atoms with Crippen LogP contribution in [0, 0.1) is 0 Å². The fraction of sp³-hybridized carbons (Fsp3) is 0.842. The Kier molecular flexibility index (Phi) is 25.5. The van der Waals surface area contributed by atoms with E-state index in [1.807, 2.05) is 13.2 Å². The molecule has 10 heteroatoms. The minimum absolute atomic E-state index is 0.361. The van der Waals surface area contributed by atoms with Crippen molar-refractivity contribution >= 4 is 29.7 Å². The molecule has 0 aromatic heterocycles. The Morgan fingerprint density at radius 3 is 1.34 bits per heavy atom. The minimum Gasteiger partial charge on any atom is -0.480 e. The van der Waals surface area contributed by atoms with Crippen LogP contribution in [0.5, 0.6) is 0 Å². The highest BCUT2D eigenvalue weighted by molar-refractivity contribution is 7.98. The number of thioether (sulfide) groups is 1. The normalized spacial score (nSPS) is 13.0. The summed E-state index contributed by atoms with van der Waals surface area (Å²) < 4.78 is 0. The summed E-state index contributed by atoms with van der Waals surface area (Å²) in [7, 11) is 5.00. The molecule has 0 aromatic rings. The lowest BCUT2D eigenvalue weighted by atomic mass is 10.1. The second-order valence-electron chi connectivity index (χ2n) is 6.25. The molecule has 0 saturated carbocycles. The number of nitrogens with one attached hydrogen (secondary N) is 3. The maximum atomic E-state index is 10.4. The standard InChI is InChI=1S/C7H15NO2.C6H13NO2S.C6H13NO2/c1-3-4-5-6(8-2)7(9)10;1-7-5(6(8)9)3-4-10-2;1-3-4-5(7-2)6(8)9/h6,8H,3-5H2,1-2H3,(H,9,10);5,7H,3-4H2,1-2H3,(H,8,9);5,7H,3-4H2,1-2H3,(H,8,9)/t6-;2*5-/m000/s1. The smallest absolute Gasteiger partial charge is 0.320 e. The first-order valence-corrected chi connectivity index (χ1v) is 11.2. The second kappa shape index (κ2) is 22.9. The molecule has 0 saturated heterocycles. The molecule has 0 aromatic carbocycles. The third-order valence-electron chi connectivity index (χ3n) is 3.97. The average molecular weight is 440 g/mol. The van der Waals surface area contributed by atoms with Gasteiger partial charge in [0.15, 0.2) is 0 Å². The van der Waals surface area contributed by atoms with Gasteiger partial charge in [-0.3, -0.25) is 14.4 Å². The third-order valence-corrected chi connectivity index (χ3v) is 4.62. The van der Waals surface area contributed by atoms with Crippen molar-refractivity contribution in [1.82, 2.24) is 16.0 Å². The van der Waals surface area contributed by atoms with Crippen LogP contribution in [0.4, 0.5) is 0 Å². The number of carboxylic acids is 3. The predicted molar refractivity (Wildman–Crippen MR) is 119 cm³/mol. The van der Waals surface area contributed by atoms with Crippen LogP contribution in [-0.2, 0) is 14.4 Å². The molecule has 0 fully saturated rings. The molecule has 0 spiro atoms. The zero-order valence-electron chi connectivity index (χ0n) is 18.7. The van der Waals surface area contributed by atoms with Gasteiger partial charge >= 0.3 is 17.9 Å². The molecule has 3 atom stereocenters. The van der Waals surface area contributed by atoms with Crippen LogP contribution >= 0.6 is 11.8 Å². The van der Waals surface area contributed by atoms with E-state index in [0.29, 0.717) is 12.8 Å². The molecule has 0 amide bonds. The largest absolute Gasteiger partial charge is 0.480 e. The molecule has 9 nitrogen and oxygen atoms in total. The van der Waals surface area contributed by atoms with E-state index in [1.54, 1.807) is 32.9 Å². The lowest BCUT2D eigenvalue weighted by Gasteiger charge is -2.08. The van der Waals surface area contributed by atoms with Crippen molar-refractivity contribution in [2.75, 3.05) is 33.2 Å². The van der Waals surface area contributed by atoms with Gasteiger partial charge in [0.05, 0.1) is 0 Å². The van der Waals surface area contributed by atoms with E-state index in [0.717, 1.165) is 31.4 Å². The molecule has 0 bridgehead atoms. The van der Waals surface area contributed by atoms with Crippen molar-refractivity contribution in [3.63, 3.8) is 0 Å². The summed E-state index contributed by atoms with van der Waals surface area (Å²) in [4.78, 5) is 31.0. The van der Waals surface area contributed by atoms with Crippen molar-refractivity contribution < 1.29 is 29.7 Å².